The first-order valence-electron chi connectivity index (χ1n) is 15.2. The average Bonchev–Trinajstić information content (AvgIpc) is 3.00. The number of pyridine rings is 1. The number of aromatic nitrogens is 1. The van der Waals surface area contributed by atoms with E-state index in [1.54, 1.807) is 0 Å². The number of anilines is 1. The van der Waals surface area contributed by atoms with Crippen LogP contribution < -0.4 is 21.2 Å². The van der Waals surface area contributed by atoms with Crippen molar-refractivity contribution in [1.82, 2.24) is 4.98 Å². The predicted molar refractivity (Wildman–Crippen MR) is 191 cm³/mol. The van der Waals surface area contributed by atoms with Gasteiger partial charge in [0.1, 0.15) is 0 Å². The second-order valence-electron chi connectivity index (χ2n) is 13.0. The fourth-order valence-corrected chi connectivity index (χ4v) is 11.8. The molecule has 220 valence electrons. The first-order chi connectivity index (χ1) is 20.6. The van der Waals surface area contributed by atoms with Crippen LogP contribution in [0.4, 0.5) is 5.69 Å². The minimum atomic E-state index is -0.760. The molecule has 1 atom stereocenters. The monoisotopic (exact) mass is 602 g/mol. The van der Waals surface area contributed by atoms with Crippen molar-refractivity contribution in [1.29, 1.82) is 0 Å². The highest BCUT2D eigenvalue weighted by Gasteiger charge is 2.34. The van der Waals surface area contributed by atoms with Gasteiger partial charge in [-0.15, -0.1) is 0 Å². The number of nitrogens with zero attached hydrogens (tertiary/aromatic N) is 1. The average molecular weight is 603 g/mol. The summed E-state index contributed by atoms with van der Waals surface area (Å²) in [7, 11) is -1.06. The van der Waals surface area contributed by atoms with Crippen molar-refractivity contribution in [3.05, 3.63) is 150 Å². The van der Waals surface area contributed by atoms with E-state index in [-0.39, 0.29) is 24.3 Å². The molecule has 0 aliphatic carbocycles. The highest BCUT2D eigenvalue weighted by Crippen LogP contribution is 2.61. The summed E-state index contributed by atoms with van der Waals surface area (Å²) in [6.07, 6.45) is 1.02. The van der Waals surface area contributed by atoms with E-state index in [2.05, 4.69) is 180 Å². The molecule has 4 aromatic carbocycles. The maximum absolute atomic E-state index is 5.36. The zero-order valence-electron chi connectivity index (χ0n) is 26.3. The Kier molecular flexibility index (Phi) is 9.81. The van der Waals surface area contributed by atoms with Gasteiger partial charge in [0.25, 0.3) is 0 Å². The lowest BCUT2D eigenvalue weighted by Gasteiger charge is -2.41. The van der Waals surface area contributed by atoms with Crippen LogP contribution in [0.15, 0.2) is 133 Å². The lowest BCUT2D eigenvalue weighted by molar-refractivity contribution is 0.701. The predicted octanol–water partition coefficient (Wildman–Crippen LogP) is 9.62. The Labute approximate surface area is 261 Å². The molecular formula is C39H44N2P2. The number of hydrogen-bond donors (Lipinski definition) is 1. The van der Waals surface area contributed by atoms with Gasteiger partial charge in [0, 0.05) is 22.8 Å². The van der Waals surface area contributed by atoms with Gasteiger partial charge in [0.2, 0.25) is 0 Å². The van der Waals surface area contributed by atoms with Gasteiger partial charge in [-0.05, 0) is 52.6 Å². The first-order valence-corrected chi connectivity index (χ1v) is 18.0. The molecule has 0 amide bonds. The van der Waals surface area contributed by atoms with Gasteiger partial charge < -0.3 is 5.32 Å². The van der Waals surface area contributed by atoms with Crippen molar-refractivity contribution in [2.45, 2.75) is 64.1 Å². The summed E-state index contributed by atoms with van der Waals surface area (Å²) in [4.78, 5) is 5.36. The van der Waals surface area contributed by atoms with Crippen molar-refractivity contribution in [3.8, 4) is 0 Å². The van der Waals surface area contributed by atoms with Gasteiger partial charge in [-0.2, -0.15) is 0 Å². The Bertz CT molecular complexity index is 1540. The van der Waals surface area contributed by atoms with Gasteiger partial charge in [-0.25, -0.2) is 0 Å². The number of benzene rings is 4. The molecule has 0 bridgehead atoms. The Balaban J connectivity index is 1.57. The zero-order valence-corrected chi connectivity index (χ0v) is 28.1. The summed E-state index contributed by atoms with van der Waals surface area (Å²) in [5, 5.41) is 8.48. The molecule has 2 nitrogen and oxygen atoms in total. The summed E-state index contributed by atoms with van der Waals surface area (Å²) < 4.78 is 0. The van der Waals surface area contributed by atoms with Crippen molar-refractivity contribution >= 4 is 37.4 Å². The van der Waals surface area contributed by atoms with Crippen LogP contribution in [0.3, 0.4) is 0 Å². The fourth-order valence-electron chi connectivity index (χ4n) is 5.89. The van der Waals surface area contributed by atoms with Gasteiger partial charge >= 0.3 is 0 Å². The van der Waals surface area contributed by atoms with E-state index in [0.717, 1.165) is 17.5 Å². The van der Waals surface area contributed by atoms with Gasteiger partial charge in [0.05, 0.1) is 11.7 Å². The highest BCUT2D eigenvalue weighted by molar-refractivity contribution is 7.80. The van der Waals surface area contributed by atoms with Gasteiger partial charge in [-0.3, -0.25) is 4.98 Å². The van der Waals surface area contributed by atoms with E-state index in [9.17, 15) is 0 Å². The summed E-state index contributed by atoms with van der Waals surface area (Å²) in [6, 6.07) is 47.9. The van der Waals surface area contributed by atoms with Crippen LogP contribution >= 0.6 is 15.8 Å². The molecule has 0 radical (unpaired) electrons. The molecule has 1 aromatic heterocycles. The van der Waals surface area contributed by atoms with Crippen LogP contribution in [0.5, 0.6) is 0 Å². The third-order valence-electron chi connectivity index (χ3n) is 7.67. The van der Waals surface area contributed by atoms with Crippen LogP contribution in [0.2, 0.25) is 0 Å². The smallest absolute Gasteiger partial charge is 0.0940 e. The minimum absolute atomic E-state index is 0.0822. The van der Waals surface area contributed by atoms with Crippen LogP contribution in [-0.2, 0) is 6.16 Å². The Morgan fingerprint density at radius 3 is 1.65 bits per heavy atom. The van der Waals surface area contributed by atoms with E-state index in [0.29, 0.717) is 0 Å². The van der Waals surface area contributed by atoms with Crippen LogP contribution in [0, 0.1) is 0 Å². The van der Waals surface area contributed by atoms with Crippen molar-refractivity contribution < 1.29 is 0 Å². The maximum atomic E-state index is 5.36. The summed E-state index contributed by atoms with van der Waals surface area (Å²) in [5.41, 5.74) is 4.59. The summed E-state index contributed by atoms with van der Waals surface area (Å²) in [6.45, 7) is 14.3. The van der Waals surface area contributed by atoms with Gasteiger partial charge in [-0.1, -0.05) is 165 Å². The topological polar surface area (TPSA) is 24.9 Å². The van der Waals surface area contributed by atoms with Crippen molar-refractivity contribution in [2.24, 2.45) is 0 Å². The molecule has 1 unspecified atom stereocenters. The summed E-state index contributed by atoms with van der Waals surface area (Å²) in [5.74, 6) is 0. The van der Waals surface area contributed by atoms with Crippen LogP contribution in [-0.4, -0.2) is 15.3 Å². The zero-order chi connectivity index (χ0) is 30.5. The number of para-hydroxylation sites is 1. The molecule has 0 saturated heterocycles. The quantitative estimate of drug-likeness (QED) is 0.170. The molecule has 0 fully saturated rings. The Morgan fingerprint density at radius 2 is 1.09 bits per heavy atom. The molecule has 0 aliphatic rings. The normalized spacial score (nSPS) is 12.8. The lowest BCUT2D eigenvalue weighted by atomic mass is 10.0. The fraction of sp³-hybridized carbons (Fsp3) is 0.256. The minimum Gasteiger partial charge on any atom is -0.372 e. The number of nitrogens with one attached hydrogen (secondary N) is 1. The van der Waals surface area contributed by atoms with E-state index < -0.39 is 7.92 Å². The second kappa shape index (κ2) is 13.5. The molecule has 1 N–H and O–H groups in total. The molecule has 5 aromatic rings. The molecule has 43 heavy (non-hydrogen) atoms. The molecule has 5 rings (SSSR count). The van der Waals surface area contributed by atoms with E-state index in [1.165, 1.54) is 27.2 Å². The molecular weight excluding hydrogens is 558 g/mol. The van der Waals surface area contributed by atoms with E-state index in [1.807, 2.05) is 0 Å². The van der Waals surface area contributed by atoms with E-state index >= 15 is 0 Å². The maximum Gasteiger partial charge on any atom is 0.0940 e. The second-order valence-corrected chi connectivity index (χ2v) is 19.0. The molecule has 0 spiro atoms. The lowest BCUT2D eigenvalue weighted by Crippen LogP contribution is -2.26. The Hall–Kier alpha value is -3.31. The highest BCUT2D eigenvalue weighted by atomic mass is 31.1. The van der Waals surface area contributed by atoms with Crippen LogP contribution in [0.25, 0.3) is 0 Å². The number of rotatable bonds is 9. The van der Waals surface area contributed by atoms with Crippen molar-refractivity contribution in [3.63, 3.8) is 0 Å². The number of hydrogen-bond acceptors (Lipinski definition) is 2. The molecule has 0 saturated carbocycles. The largest absolute Gasteiger partial charge is 0.372 e. The summed E-state index contributed by atoms with van der Waals surface area (Å²) >= 11 is 0. The van der Waals surface area contributed by atoms with Crippen molar-refractivity contribution in [2.75, 3.05) is 5.32 Å². The Morgan fingerprint density at radius 1 is 0.581 bits per heavy atom. The molecule has 0 aliphatic heterocycles. The van der Waals surface area contributed by atoms with Gasteiger partial charge in [0.15, 0.2) is 0 Å². The standard InChI is InChI=1S/C39H44N2P2/c1-38(2,3)42(39(4,5)6)29-31-21-18-27-35(40-31)37(30-19-10-7-11-20-30)41-34-26-16-17-28-36(34)43(32-22-12-8-13-23-32)33-24-14-9-15-25-33/h7-28,37,41H,29H2,1-6H3. The third-order valence-corrected chi connectivity index (χ3v) is 14.1. The van der Waals surface area contributed by atoms with Crippen LogP contribution in [0.1, 0.15) is 64.5 Å². The third kappa shape index (κ3) is 7.80. The van der Waals surface area contributed by atoms with E-state index in [4.69, 9.17) is 4.98 Å². The first kappa shape index (κ1) is 31.1. The SMILES string of the molecule is CC(C)(C)P(Cc1cccc(C(Nc2ccccc2P(c2ccccc2)c2ccccc2)c2ccccc2)n1)C(C)(C)C. The molecule has 1 heterocycles. The molecule has 4 heteroatoms.